The van der Waals surface area contributed by atoms with Crippen LogP contribution < -0.4 is 5.32 Å². The molecule has 1 amide bonds. The van der Waals surface area contributed by atoms with E-state index in [1.54, 1.807) is 6.07 Å². The summed E-state index contributed by atoms with van der Waals surface area (Å²) in [6.45, 7) is 1.94. The molecule has 3 nitrogen and oxygen atoms in total. The molecule has 0 bridgehead atoms. The van der Waals surface area contributed by atoms with Gasteiger partial charge < -0.3 is 10.4 Å². The highest BCUT2D eigenvalue weighted by atomic mass is 19.1. The number of halogens is 1. The number of rotatable bonds is 2. The molecule has 21 heavy (non-hydrogen) atoms. The standard InChI is InChI=1S/C17H20FNO2/c1-12-4-7-14(8-5-12)19-17(21)15-9-6-13(3-2-10-20)11-16(15)18/h6,9,11-12,14,20H,4-5,7-8,10H2,1H3,(H,19,21). The van der Waals surface area contributed by atoms with Gasteiger partial charge in [0.15, 0.2) is 0 Å². The van der Waals surface area contributed by atoms with Gasteiger partial charge in [0.1, 0.15) is 12.4 Å². The molecule has 1 aliphatic rings. The molecule has 0 aromatic heterocycles. The third kappa shape index (κ3) is 4.30. The Balaban J connectivity index is 2.02. The van der Waals surface area contributed by atoms with E-state index in [9.17, 15) is 9.18 Å². The second-order valence-electron chi connectivity index (χ2n) is 5.58. The Morgan fingerprint density at radius 3 is 2.71 bits per heavy atom. The Labute approximate surface area is 124 Å². The Hall–Kier alpha value is -1.86. The zero-order valence-electron chi connectivity index (χ0n) is 12.2. The number of aliphatic hydroxyl groups excluding tert-OH is 1. The summed E-state index contributed by atoms with van der Waals surface area (Å²) in [6.07, 6.45) is 4.11. The summed E-state index contributed by atoms with van der Waals surface area (Å²) in [7, 11) is 0. The maximum Gasteiger partial charge on any atom is 0.254 e. The third-order valence-electron chi connectivity index (χ3n) is 3.88. The normalized spacial score (nSPS) is 21.3. The maximum atomic E-state index is 14.0. The van der Waals surface area contributed by atoms with Crippen molar-refractivity contribution in [2.75, 3.05) is 6.61 Å². The van der Waals surface area contributed by atoms with Crippen LogP contribution in [-0.4, -0.2) is 23.7 Å². The van der Waals surface area contributed by atoms with Crippen LogP contribution in [0.1, 0.15) is 48.5 Å². The highest BCUT2D eigenvalue weighted by molar-refractivity contribution is 5.94. The number of hydrogen-bond acceptors (Lipinski definition) is 2. The molecule has 1 aromatic rings. The van der Waals surface area contributed by atoms with Gasteiger partial charge in [0.2, 0.25) is 0 Å². The SMILES string of the molecule is CC1CCC(NC(=O)c2ccc(C#CCO)cc2F)CC1. The lowest BCUT2D eigenvalue weighted by Gasteiger charge is -2.26. The van der Waals surface area contributed by atoms with E-state index in [1.807, 2.05) is 0 Å². The quantitative estimate of drug-likeness (QED) is 0.822. The van der Waals surface area contributed by atoms with E-state index in [1.165, 1.54) is 12.1 Å². The average molecular weight is 289 g/mol. The van der Waals surface area contributed by atoms with Crippen molar-refractivity contribution in [3.05, 3.63) is 35.1 Å². The maximum absolute atomic E-state index is 14.0. The number of benzene rings is 1. The van der Waals surface area contributed by atoms with Crippen molar-refractivity contribution in [1.82, 2.24) is 5.32 Å². The zero-order valence-corrected chi connectivity index (χ0v) is 12.2. The lowest BCUT2D eigenvalue weighted by molar-refractivity contribution is 0.0919. The van der Waals surface area contributed by atoms with Crippen molar-refractivity contribution in [3.63, 3.8) is 0 Å². The van der Waals surface area contributed by atoms with Crippen molar-refractivity contribution < 1.29 is 14.3 Å². The number of amides is 1. The molecule has 0 heterocycles. The fourth-order valence-electron chi connectivity index (χ4n) is 2.59. The van der Waals surface area contributed by atoms with E-state index in [0.717, 1.165) is 25.7 Å². The van der Waals surface area contributed by atoms with Crippen LogP contribution in [0, 0.1) is 23.6 Å². The van der Waals surface area contributed by atoms with Crippen LogP contribution in [0.4, 0.5) is 4.39 Å². The van der Waals surface area contributed by atoms with Gasteiger partial charge in [0.25, 0.3) is 5.91 Å². The van der Waals surface area contributed by atoms with Crippen LogP contribution in [0.5, 0.6) is 0 Å². The van der Waals surface area contributed by atoms with E-state index in [2.05, 4.69) is 24.1 Å². The minimum atomic E-state index is -0.582. The molecule has 1 aliphatic carbocycles. The summed E-state index contributed by atoms with van der Waals surface area (Å²) in [5.41, 5.74) is 0.493. The van der Waals surface area contributed by atoms with E-state index < -0.39 is 5.82 Å². The second kappa shape index (κ2) is 7.24. The first kappa shape index (κ1) is 15.5. The van der Waals surface area contributed by atoms with Crippen LogP contribution in [0.15, 0.2) is 18.2 Å². The van der Waals surface area contributed by atoms with Crippen molar-refractivity contribution in [1.29, 1.82) is 0 Å². The lowest BCUT2D eigenvalue weighted by Crippen LogP contribution is -2.37. The van der Waals surface area contributed by atoms with Crippen molar-refractivity contribution >= 4 is 5.91 Å². The smallest absolute Gasteiger partial charge is 0.254 e. The molecule has 2 rings (SSSR count). The molecule has 0 aliphatic heterocycles. The number of carbonyl (C=O) groups is 1. The average Bonchev–Trinajstić information content (AvgIpc) is 2.47. The first-order valence-corrected chi connectivity index (χ1v) is 7.30. The summed E-state index contributed by atoms with van der Waals surface area (Å²) >= 11 is 0. The van der Waals surface area contributed by atoms with E-state index >= 15 is 0 Å². The Kier molecular flexibility index (Phi) is 5.35. The van der Waals surface area contributed by atoms with E-state index in [4.69, 9.17) is 5.11 Å². The zero-order chi connectivity index (χ0) is 15.2. The molecule has 1 saturated carbocycles. The molecular formula is C17H20FNO2. The van der Waals surface area contributed by atoms with Gasteiger partial charge in [-0.1, -0.05) is 18.8 Å². The summed E-state index contributed by atoms with van der Waals surface area (Å²) in [6, 6.07) is 4.39. The predicted molar refractivity (Wildman–Crippen MR) is 79.3 cm³/mol. The number of nitrogens with one attached hydrogen (secondary N) is 1. The van der Waals surface area contributed by atoms with Crippen LogP contribution in [-0.2, 0) is 0 Å². The molecule has 0 atom stereocenters. The largest absolute Gasteiger partial charge is 0.384 e. The monoisotopic (exact) mass is 289 g/mol. The summed E-state index contributed by atoms with van der Waals surface area (Å²) in [4.78, 5) is 12.1. The molecule has 2 N–H and O–H groups in total. The van der Waals surface area contributed by atoms with Gasteiger partial charge in [-0.25, -0.2) is 4.39 Å². The van der Waals surface area contributed by atoms with Crippen molar-refractivity contribution in [3.8, 4) is 11.8 Å². The molecule has 112 valence electrons. The Morgan fingerprint density at radius 1 is 1.38 bits per heavy atom. The molecule has 1 fully saturated rings. The summed E-state index contributed by atoms with van der Waals surface area (Å²) in [5.74, 6) is 4.82. The topological polar surface area (TPSA) is 49.3 Å². The van der Waals surface area contributed by atoms with Crippen molar-refractivity contribution in [2.24, 2.45) is 5.92 Å². The minimum absolute atomic E-state index is 0.0446. The molecule has 0 unspecified atom stereocenters. The van der Waals surface area contributed by atoms with Gasteiger partial charge in [0, 0.05) is 11.6 Å². The van der Waals surface area contributed by atoms with Gasteiger partial charge in [-0.05, 0) is 49.8 Å². The van der Waals surface area contributed by atoms with E-state index in [0.29, 0.717) is 11.5 Å². The molecule has 0 spiro atoms. The lowest BCUT2D eigenvalue weighted by atomic mass is 9.87. The fraction of sp³-hybridized carbons (Fsp3) is 0.471. The Morgan fingerprint density at radius 2 is 2.10 bits per heavy atom. The molecular weight excluding hydrogens is 269 g/mol. The van der Waals surface area contributed by atoms with Gasteiger partial charge >= 0.3 is 0 Å². The highest BCUT2D eigenvalue weighted by Crippen LogP contribution is 2.23. The summed E-state index contributed by atoms with van der Waals surface area (Å²) < 4.78 is 14.0. The van der Waals surface area contributed by atoms with E-state index in [-0.39, 0.29) is 24.1 Å². The number of aliphatic hydroxyl groups is 1. The molecule has 0 saturated heterocycles. The van der Waals surface area contributed by atoms with Crippen LogP contribution >= 0.6 is 0 Å². The van der Waals surface area contributed by atoms with Gasteiger partial charge in [0.05, 0.1) is 5.56 Å². The highest BCUT2D eigenvalue weighted by Gasteiger charge is 2.21. The first-order chi connectivity index (χ1) is 10.1. The fourth-order valence-corrected chi connectivity index (χ4v) is 2.59. The predicted octanol–water partition coefficient (Wildman–Crippen LogP) is 2.48. The Bertz CT molecular complexity index is 566. The number of carbonyl (C=O) groups excluding carboxylic acids is 1. The van der Waals surface area contributed by atoms with Crippen LogP contribution in [0.3, 0.4) is 0 Å². The van der Waals surface area contributed by atoms with Crippen LogP contribution in [0.2, 0.25) is 0 Å². The van der Waals surface area contributed by atoms with Gasteiger partial charge in [-0.3, -0.25) is 4.79 Å². The minimum Gasteiger partial charge on any atom is -0.384 e. The molecule has 0 radical (unpaired) electrons. The first-order valence-electron chi connectivity index (χ1n) is 7.30. The van der Waals surface area contributed by atoms with Crippen molar-refractivity contribution in [2.45, 2.75) is 38.6 Å². The van der Waals surface area contributed by atoms with Gasteiger partial charge in [-0.15, -0.1) is 0 Å². The van der Waals surface area contributed by atoms with Gasteiger partial charge in [-0.2, -0.15) is 0 Å². The summed E-state index contributed by atoms with van der Waals surface area (Å²) in [5, 5.41) is 11.5. The van der Waals surface area contributed by atoms with Crippen LogP contribution in [0.25, 0.3) is 0 Å². The second-order valence-corrected chi connectivity index (χ2v) is 5.58. The molecule has 4 heteroatoms. The third-order valence-corrected chi connectivity index (χ3v) is 3.88. The number of hydrogen-bond donors (Lipinski definition) is 2. The molecule has 1 aromatic carbocycles.